The highest BCUT2D eigenvalue weighted by Gasteiger charge is 2.12. The first-order chi connectivity index (χ1) is 11.7. The highest BCUT2D eigenvalue weighted by Crippen LogP contribution is 2.17. The van der Waals surface area contributed by atoms with E-state index in [1.54, 1.807) is 4.57 Å². The van der Waals surface area contributed by atoms with Crippen LogP contribution in [0.1, 0.15) is 11.4 Å². The summed E-state index contributed by atoms with van der Waals surface area (Å²) in [5.41, 5.74) is 3.32. The molecule has 24 heavy (non-hydrogen) atoms. The number of hydrogen-bond acceptors (Lipinski definition) is 5. The molecule has 0 aliphatic carbocycles. The minimum atomic E-state index is -0.373. The van der Waals surface area contributed by atoms with Gasteiger partial charge in [-0.2, -0.15) is 4.98 Å². The average molecular weight is 321 g/mol. The van der Waals surface area contributed by atoms with Crippen LogP contribution in [0.2, 0.25) is 0 Å². The molecule has 6 nitrogen and oxygen atoms in total. The molecule has 4 aromatic rings. The van der Waals surface area contributed by atoms with Crippen LogP contribution in [0.15, 0.2) is 62.3 Å². The van der Waals surface area contributed by atoms with E-state index in [4.69, 9.17) is 8.94 Å². The SMILES string of the molecule is Cc1ccc2oc(=O)n(CCc3noc(-c4ccccc4)n3)c2c1. The van der Waals surface area contributed by atoms with Gasteiger partial charge in [0.05, 0.1) is 5.52 Å². The van der Waals surface area contributed by atoms with Crippen molar-refractivity contribution < 1.29 is 8.94 Å². The van der Waals surface area contributed by atoms with Gasteiger partial charge < -0.3 is 8.94 Å². The average Bonchev–Trinajstić information content (AvgIpc) is 3.18. The normalized spacial score (nSPS) is 11.2. The zero-order chi connectivity index (χ0) is 16.5. The van der Waals surface area contributed by atoms with E-state index in [0.29, 0.717) is 30.3 Å². The number of nitrogens with zero attached hydrogens (tertiary/aromatic N) is 3. The number of rotatable bonds is 4. The Morgan fingerprint density at radius 2 is 1.96 bits per heavy atom. The highest BCUT2D eigenvalue weighted by molar-refractivity contribution is 5.73. The van der Waals surface area contributed by atoms with Gasteiger partial charge in [-0.1, -0.05) is 29.4 Å². The molecular formula is C18H15N3O3. The molecule has 0 radical (unpaired) electrons. The van der Waals surface area contributed by atoms with Gasteiger partial charge in [-0.3, -0.25) is 4.57 Å². The second-order valence-corrected chi connectivity index (χ2v) is 5.62. The number of oxazole rings is 1. The first kappa shape index (κ1) is 14.4. The van der Waals surface area contributed by atoms with Crippen LogP contribution >= 0.6 is 0 Å². The van der Waals surface area contributed by atoms with Gasteiger partial charge in [0.15, 0.2) is 11.4 Å². The molecule has 0 saturated carbocycles. The summed E-state index contributed by atoms with van der Waals surface area (Å²) in [7, 11) is 0. The molecule has 2 aromatic heterocycles. The highest BCUT2D eigenvalue weighted by atomic mass is 16.5. The van der Waals surface area contributed by atoms with Crippen molar-refractivity contribution in [1.82, 2.24) is 14.7 Å². The minimum Gasteiger partial charge on any atom is -0.408 e. The Balaban J connectivity index is 1.58. The van der Waals surface area contributed by atoms with Crippen LogP contribution in [0.3, 0.4) is 0 Å². The van der Waals surface area contributed by atoms with Gasteiger partial charge in [-0.05, 0) is 36.8 Å². The van der Waals surface area contributed by atoms with Crippen molar-refractivity contribution in [2.75, 3.05) is 0 Å². The van der Waals surface area contributed by atoms with Crippen LogP contribution < -0.4 is 5.76 Å². The molecule has 0 fully saturated rings. The van der Waals surface area contributed by atoms with Crippen LogP contribution in [0.5, 0.6) is 0 Å². The van der Waals surface area contributed by atoms with Crippen molar-refractivity contribution in [3.63, 3.8) is 0 Å². The fourth-order valence-electron chi connectivity index (χ4n) is 2.65. The van der Waals surface area contributed by atoms with Crippen LogP contribution in [-0.4, -0.2) is 14.7 Å². The maximum Gasteiger partial charge on any atom is 0.419 e. The summed E-state index contributed by atoms with van der Waals surface area (Å²) < 4.78 is 12.1. The molecule has 6 heteroatoms. The molecule has 0 bridgehead atoms. The van der Waals surface area contributed by atoms with Crippen molar-refractivity contribution in [1.29, 1.82) is 0 Å². The fourth-order valence-corrected chi connectivity index (χ4v) is 2.65. The van der Waals surface area contributed by atoms with Crippen LogP contribution in [0, 0.1) is 6.92 Å². The zero-order valence-corrected chi connectivity index (χ0v) is 13.1. The molecule has 2 aromatic carbocycles. The molecule has 0 atom stereocenters. The van der Waals surface area contributed by atoms with Crippen molar-refractivity contribution in [2.24, 2.45) is 0 Å². The molecule has 0 amide bonds. The molecule has 0 unspecified atom stereocenters. The molecule has 2 heterocycles. The van der Waals surface area contributed by atoms with E-state index in [-0.39, 0.29) is 5.76 Å². The lowest BCUT2D eigenvalue weighted by Gasteiger charge is -2.00. The lowest BCUT2D eigenvalue weighted by Crippen LogP contribution is -2.16. The van der Waals surface area contributed by atoms with E-state index < -0.39 is 0 Å². The van der Waals surface area contributed by atoms with Gasteiger partial charge >= 0.3 is 5.76 Å². The number of benzene rings is 2. The summed E-state index contributed by atoms with van der Waals surface area (Å²) in [5.74, 6) is 0.663. The number of aromatic nitrogens is 3. The predicted molar refractivity (Wildman–Crippen MR) is 88.6 cm³/mol. The summed E-state index contributed by atoms with van der Waals surface area (Å²) in [6.45, 7) is 2.41. The van der Waals surface area contributed by atoms with Gasteiger partial charge in [0.1, 0.15) is 0 Å². The Morgan fingerprint density at radius 3 is 2.79 bits per heavy atom. The van der Waals surface area contributed by atoms with Gasteiger partial charge in [-0.25, -0.2) is 4.79 Å². The van der Waals surface area contributed by atoms with Gasteiger partial charge in [0.2, 0.25) is 0 Å². The van der Waals surface area contributed by atoms with E-state index in [2.05, 4.69) is 10.1 Å². The Kier molecular flexibility index (Phi) is 3.49. The molecule has 0 aliphatic heterocycles. The standard InChI is InChI=1S/C18H15N3O3/c1-12-7-8-15-14(11-12)21(18(22)23-15)10-9-16-19-17(24-20-16)13-5-3-2-4-6-13/h2-8,11H,9-10H2,1H3. The van der Waals surface area contributed by atoms with Crippen molar-refractivity contribution in [3.05, 3.63) is 70.5 Å². The van der Waals surface area contributed by atoms with E-state index in [0.717, 1.165) is 16.6 Å². The summed E-state index contributed by atoms with van der Waals surface area (Å²) in [6.07, 6.45) is 0.485. The summed E-state index contributed by atoms with van der Waals surface area (Å²) in [6, 6.07) is 15.2. The smallest absolute Gasteiger partial charge is 0.408 e. The third-order valence-corrected chi connectivity index (χ3v) is 3.87. The second kappa shape index (κ2) is 5.81. The first-order valence-electron chi connectivity index (χ1n) is 7.69. The Bertz CT molecular complexity index is 1040. The van der Waals surface area contributed by atoms with E-state index in [1.165, 1.54) is 0 Å². The Hall–Kier alpha value is -3.15. The monoisotopic (exact) mass is 321 g/mol. The lowest BCUT2D eigenvalue weighted by atomic mass is 10.2. The van der Waals surface area contributed by atoms with Crippen molar-refractivity contribution >= 4 is 11.1 Å². The minimum absolute atomic E-state index is 0.373. The molecule has 4 rings (SSSR count). The van der Waals surface area contributed by atoms with Crippen molar-refractivity contribution in [2.45, 2.75) is 19.9 Å². The molecule has 0 saturated heterocycles. The Labute approximate surface area is 137 Å². The maximum absolute atomic E-state index is 12.0. The molecule has 0 N–H and O–H groups in total. The maximum atomic E-state index is 12.0. The van der Waals surface area contributed by atoms with Gasteiger partial charge in [-0.15, -0.1) is 0 Å². The molecular weight excluding hydrogens is 306 g/mol. The summed E-state index contributed by atoms with van der Waals surface area (Å²) in [5, 5.41) is 3.99. The zero-order valence-electron chi connectivity index (χ0n) is 13.1. The third kappa shape index (κ3) is 2.62. The molecule has 0 spiro atoms. The topological polar surface area (TPSA) is 74.1 Å². The second-order valence-electron chi connectivity index (χ2n) is 5.62. The number of aryl methyl sites for hydroxylation is 3. The van der Waals surface area contributed by atoms with Gasteiger partial charge in [0, 0.05) is 18.5 Å². The largest absolute Gasteiger partial charge is 0.419 e. The van der Waals surface area contributed by atoms with E-state index >= 15 is 0 Å². The number of fused-ring (bicyclic) bond motifs is 1. The third-order valence-electron chi connectivity index (χ3n) is 3.87. The molecule has 120 valence electrons. The quantitative estimate of drug-likeness (QED) is 0.577. The van der Waals surface area contributed by atoms with E-state index in [9.17, 15) is 4.79 Å². The van der Waals surface area contributed by atoms with Crippen LogP contribution in [0.25, 0.3) is 22.6 Å². The van der Waals surface area contributed by atoms with Gasteiger partial charge in [0.25, 0.3) is 5.89 Å². The summed E-state index contributed by atoms with van der Waals surface area (Å²) in [4.78, 5) is 16.4. The first-order valence-corrected chi connectivity index (χ1v) is 7.69. The van der Waals surface area contributed by atoms with Crippen LogP contribution in [0.4, 0.5) is 0 Å². The predicted octanol–water partition coefficient (Wildman–Crippen LogP) is 3.20. The molecule has 0 aliphatic rings. The van der Waals surface area contributed by atoms with E-state index in [1.807, 2.05) is 55.5 Å². The fraction of sp³-hybridized carbons (Fsp3) is 0.167. The van der Waals surface area contributed by atoms with Crippen LogP contribution in [-0.2, 0) is 13.0 Å². The Morgan fingerprint density at radius 1 is 1.12 bits per heavy atom. The van der Waals surface area contributed by atoms with Crippen molar-refractivity contribution in [3.8, 4) is 11.5 Å². The number of hydrogen-bond donors (Lipinski definition) is 0. The summed E-state index contributed by atoms with van der Waals surface area (Å²) >= 11 is 0. The lowest BCUT2D eigenvalue weighted by molar-refractivity contribution is 0.419.